The highest BCUT2D eigenvalue weighted by atomic mass is 79.9. The molecule has 0 radical (unpaired) electrons. The minimum absolute atomic E-state index is 0.0312. The lowest BCUT2D eigenvalue weighted by Gasteiger charge is -2.29. The molecule has 4 aromatic rings. The number of hydrogen-bond donors (Lipinski definition) is 2. The molecule has 6 heteroatoms. The Kier molecular flexibility index (Phi) is 6.18. The fraction of sp³-hybridized carbons (Fsp3) is 0.259. The summed E-state index contributed by atoms with van der Waals surface area (Å²) in [4.78, 5) is 20.7. The molecule has 2 aromatic carbocycles. The molecule has 0 amide bonds. The van der Waals surface area contributed by atoms with Crippen LogP contribution in [0.4, 0.5) is 5.82 Å². The molecule has 0 bridgehead atoms. The number of ether oxygens (including phenoxy) is 1. The molecule has 0 saturated carbocycles. The summed E-state index contributed by atoms with van der Waals surface area (Å²) in [6.45, 7) is 8.68. The lowest BCUT2D eigenvalue weighted by Crippen LogP contribution is -2.31. The molecule has 5 nitrogen and oxygen atoms in total. The van der Waals surface area contributed by atoms with Crippen LogP contribution in [0.2, 0.25) is 0 Å². The summed E-state index contributed by atoms with van der Waals surface area (Å²) in [5, 5.41) is 5.82. The van der Waals surface area contributed by atoms with Crippen molar-refractivity contribution in [3.05, 3.63) is 74.6 Å². The average molecular weight is 504 g/mol. The number of rotatable bonds is 3. The Bertz CT molecular complexity index is 1460. The van der Waals surface area contributed by atoms with Crippen molar-refractivity contribution in [3.8, 4) is 17.6 Å². The summed E-state index contributed by atoms with van der Waals surface area (Å²) >= 11 is 3.55. The Balaban J connectivity index is 1.94. The van der Waals surface area contributed by atoms with Gasteiger partial charge in [-0.1, -0.05) is 48.5 Å². The third-order valence-corrected chi connectivity index (χ3v) is 6.37. The van der Waals surface area contributed by atoms with E-state index in [1.807, 2.05) is 42.5 Å². The number of hydrogen-bond acceptors (Lipinski definition) is 4. The molecule has 0 saturated heterocycles. The van der Waals surface area contributed by atoms with Gasteiger partial charge in [0.15, 0.2) is 0 Å². The maximum Gasteiger partial charge on any atom is 0.258 e. The molecule has 2 aromatic heterocycles. The quantitative estimate of drug-likeness (QED) is 0.262. The second-order valence-electron chi connectivity index (χ2n) is 9.12. The Morgan fingerprint density at radius 1 is 1.09 bits per heavy atom. The summed E-state index contributed by atoms with van der Waals surface area (Å²) in [6.07, 6.45) is 1.63. The van der Waals surface area contributed by atoms with Crippen LogP contribution in [-0.2, 0) is 0 Å². The zero-order chi connectivity index (χ0) is 23.8. The molecule has 1 atom stereocenters. The highest BCUT2D eigenvalue weighted by molar-refractivity contribution is 9.10. The Morgan fingerprint density at radius 2 is 1.82 bits per heavy atom. The van der Waals surface area contributed by atoms with E-state index in [2.05, 4.69) is 65.8 Å². The van der Waals surface area contributed by atoms with Crippen LogP contribution >= 0.6 is 15.9 Å². The summed E-state index contributed by atoms with van der Waals surface area (Å²) < 4.78 is 6.11. The number of methoxy groups -OCH3 is 1. The number of anilines is 1. The van der Waals surface area contributed by atoms with Crippen LogP contribution in [0.1, 0.15) is 38.8 Å². The summed E-state index contributed by atoms with van der Waals surface area (Å²) in [5.41, 5.74) is 1.93. The summed E-state index contributed by atoms with van der Waals surface area (Å²) in [7, 11) is 1.63. The fourth-order valence-electron chi connectivity index (χ4n) is 3.43. The predicted molar refractivity (Wildman–Crippen MR) is 139 cm³/mol. The van der Waals surface area contributed by atoms with Crippen molar-refractivity contribution in [1.82, 2.24) is 9.97 Å². The van der Waals surface area contributed by atoms with Crippen LogP contribution in [0.15, 0.2) is 57.9 Å². The Morgan fingerprint density at radius 3 is 2.48 bits per heavy atom. The molecule has 1 unspecified atom stereocenters. The van der Waals surface area contributed by atoms with E-state index in [0.717, 1.165) is 32.4 Å². The van der Waals surface area contributed by atoms with Crippen molar-refractivity contribution in [2.24, 2.45) is 5.41 Å². The van der Waals surface area contributed by atoms with Gasteiger partial charge in [-0.05, 0) is 54.8 Å². The van der Waals surface area contributed by atoms with E-state index in [-0.39, 0.29) is 17.0 Å². The summed E-state index contributed by atoms with van der Waals surface area (Å²) in [5.74, 6) is 7.88. The number of nitrogens with zero attached hydrogens (tertiary/aromatic N) is 1. The van der Waals surface area contributed by atoms with E-state index >= 15 is 0 Å². The van der Waals surface area contributed by atoms with Crippen molar-refractivity contribution in [1.29, 1.82) is 0 Å². The zero-order valence-corrected chi connectivity index (χ0v) is 20.9. The third kappa shape index (κ3) is 4.74. The maximum atomic E-state index is 12.9. The second kappa shape index (κ2) is 8.92. The lowest BCUT2D eigenvalue weighted by atomic mass is 9.88. The number of aromatic amines is 1. The molecule has 2 heterocycles. The highest BCUT2D eigenvalue weighted by Gasteiger charge is 2.22. The molecular weight excluding hydrogens is 478 g/mol. The van der Waals surface area contributed by atoms with E-state index in [4.69, 9.17) is 9.72 Å². The number of pyridine rings is 2. The van der Waals surface area contributed by atoms with Crippen molar-refractivity contribution in [2.75, 3.05) is 12.4 Å². The van der Waals surface area contributed by atoms with Gasteiger partial charge in [0.25, 0.3) is 5.56 Å². The van der Waals surface area contributed by atoms with Crippen molar-refractivity contribution < 1.29 is 4.74 Å². The van der Waals surface area contributed by atoms with Crippen LogP contribution in [0.25, 0.3) is 21.7 Å². The predicted octanol–water partition coefficient (Wildman–Crippen LogP) is 6.09. The number of nitrogens with one attached hydrogen (secondary N) is 2. The lowest BCUT2D eigenvalue weighted by molar-refractivity contribution is 0.359. The van der Waals surface area contributed by atoms with Crippen molar-refractivity contribution >= 4 is 43.4 Å². The van der Waals surface area contributed by atoms with Gasteiger partial charge in [-0.15, -0.1) is 0 Å². The van der Waals surface area contributed by atoms with Crippen LogP contribution in [-0.4, -0.2) is 23.1 Å². The first kappa shape index (κ1) is 22.9. The van der Waals surface area contributed by atoms with Crippen LogP contribution in [0.5, 0.6) is 5.75 Å². The van der Waals surface area contributed by atoms with Crippen molar-refractivity contribution in [2.45, 2.75) is 33.7 Å². The number of aromatic nitrogens is 2. The molecular formula is C27H26BrN3O2. The monoisotopic (exact) mass is 503 g/mol. The number of H-pyrrole nitrogens is 1. The van der Waals surface area contributed by atoms with E-state index < -0.39 is 0 Å². The molecule has 0 aliphatic heterocycles. The molecule has 0 aliphatic carbocycles. The first-order valence-corrected chi connectivity index (χ1v) is 11.5. The normalized spacial score (nSPS) is 12.3. The molecule has 0 fully saturated rings. The smallest absolute Gasteiger partial charge is 0.258 e. The minimum Gasteiger partial charge on any atom is -0.497 e. The molecule has 0 aliphatic rings. The topological polar surface area (TPSA) is 67.0 Å². The van der Waals surface area contributed by atoms with Gasteiger partial charge in [0.05, 0.1) is 23.6 Å². The van der Waals surface area contributed by atoms with E-state index in [1.54, 1.807) is 13.3 Å². The summed E-state index contributed by atoms with van der Waals surface area (Å²) in [6, 6.07) is 13.6. The standard InChI is InChI=1S/C27H26BrN3O2/c1-16(27(2,3)4)30-25-21-13-10-19(28)14-22(21)23-24(31-25)18(15-29-26(23)32)9-6-17-7-11-20(33-5)12-8-17/h7-8,10-16H,1-5H3,(H,29,32)(H,30,31). The van der Waals surface area contributed by atoms with Gasteiger partial charge in [0.1, 0.15) is 11.6 Å². The Labute approximate surface area is 201 Å². The van der Waals surface area contributed by atoms with Gasteiger partial charge in [-0.3, -0.25) is 4.79 Å². The number of halogens is 1. The SMILES string of the molecule is COc1ccc(C#Cc2c[nH]c(=O)c3c2nc(NC(C)C(C)(C)C)c2ccc(Br)cc23)cc1. The fourth-order valence-corrected chi connectivity index (χ4v) is 3.79. The second-order valence-corrected chi connectivity index (χ2v) is 10.0. The third-order valence-electron chi connectivity index (χ3n) is 5.88. The van der Waals surface area contributed by atoms with Crippen molar-refractivity contribution in [3.63, 3.8) is 0 Å². The molecule has 168 valence electrons. The first-order valence-electron chi connectivity index (χ1n) is 10.7. The van der Waals surface area contributed by atoms with E-state index in [0.29, 0.717) is 16.5 Å². The van der Waals surface area contributed by atoms with Gasteiger partial charge < -0.3 is 15.0 Å². The minimum atomic E-state index is -0.189. The van der Waals surface area contributed by atoms with E-state index in [9.17, 15) is 4.79 Å². The van der Waals surface area contributed by atoms with Gasteiger partial charge in [0, 0.05) is 33.0 Å². The number of fused-ring (bicyclic) bond motifs is 3. The zero-order valence-electron chi connectivity index (χ0n) is 19.3. The first-order chi connectivity index (χ1) is 15.7. The van der Waals surface area contributed by atoms with Gasteiger partial charge in [-0.25, -0.2) is 4.98 Å². The maximum absolute atomic E-state index is 12.9. The van der Waals surface area contributed by atoms with Crippen LogP contribution in [0.3, 0.4) is 0 Å². The molecule has 4 rings (SSSR count). The average Bonchev–Trinajstić information content (AvgIpc) is 2.78. The molecule has 0 spiro atoms. The molecule has 33 heavy (non-hydrogen) atoms. The molecule has 2 N–H and O–H groups in total. The van der Waals surface area contributed by atoms with Gasteiger partial charge in [-0.2, -0.15) is 0 Å². The number of benzene rings is 2. The van der Waals surface area contributed by atoms with Crippen LogP contribution < -0.4 is 15.6 Å². The van der Waals surface area contributed by atoms with Gasteiger partial charge in [0.2, 0.25) is 0 Å². The van der Waals surface area contributed by atoms with Crippen LogP contribution in [0, 0.1) is 17.3 Å². The van der Waals surface area contributed by atoms with E-state index in [1.165, 1.54) is 0 Å². The highest BCUT2D eigenvalue weighted by Crippen LogP contribution is 2.33. The van der Waals surface area contributed by atoms with Gasteiger partial charge >= 0.3 is 0 Å². The Hall–Kier alpha value is -3.30. The largest absolute Gasteiger partial charge is 0.497 e.